The summed E-state index contributed by atoms with van der Waals surface area (Å²) in [5.41, 5.74) is 2.58. The molecule has 1 aliphatic rings. The van der Waals surface area contributed by atoms with E-state index in [2.05, 4.69) is 39.4 Å². The van der Waals surface area contributed by atoms with Crippen molar-refractivity contribution in [3.8, 4) is 5.69 Å². The fourth-order valence-corrected chi connectivity index (χ4v) is 3.92. The molecule has 3 heterocycles. The fourth-order valence-electron chi connectivity index (χ4n) is 3.73. The number of pyridine rings is 1. The molecule has 0 radical (unpaired) electrons. The summed E-state index contributed by atoms with van der Waals surface area (Å²) >= 11 is 6.05. The summed E-state index contributed by atoms with van der Waals surface area (Å²) in [4.78, 5) is 19.4. The van der Waals surface area contributed by atoms with Crippen LogP contribution in [0.1, 0.15) is 35.6 Å². The molecule has 0 bridgehead atoms. The quantitative estimate of drug-likeness (QED) is 0.656. The molecule has 8 nitrogen and oxygen atoms in total. The molecule has 2 atom stereocenters. The van der Waals surface area contributed by atoms with Crippen molar-refractivity contribution >= 4 is 23.3 Å². The molecule has 1 saturated heterocycles. The van der Waals surface area contributed by atoms with Crippen molar-refractivity contribution in [3.63, 3.8) is 0 Å². The molecule has 162 valence electrons. The smallest absolute Gasteiger partial charge is 0.274 e. The zero-order chi connectivity index (χ0) is 22.0. The predicted molar refractivity (Wildman–Crippen MR) is 119 cm³/mol. The van der Waals surface area contributed by atoms with Crippen LogP contribution in [0.5, 0.6) is 0 Å². The molecule has 31 heavy (non-hydrogen) atoms. The molecule has 9 heteroatoms. The van der Waals surface area contributed by atoms with Crippen molar-refractivity contribution in [1.82, 2.24) is 25.3 Å². The van der Waals surface area contributed by atoms with Gasteiger partial charge in [0.05, 0.1) is 23.6 Å². The van der Waals surface area contributed by atoms with E-state index in [1.807, 2.05) is 24.3 Å². The van der Waals surface area contributed by atoms with E-state index in [1.54, 1.807) is 29.9 Å². The van der Waals surface area contributed by atoms with Crippen LogP contribution in [0.3, 0.4) is 0 Å². The van der Waals surface area contributed by atoms with E-state index in [4.69, 9.17) is 16.3 Å². The third-order valence-corrected chi connectivity index (χ3v) is 5.40. The second kappa shape index (κ2) is 9.03. The first-order chi connectivity index (χ1) is 14.9. The molecular weight excluding hydrogens is 416 g/mol. The number of halogens is 1. The molecule has 1 fully saturated rings. The summed E-state index contributed by atoms with van der Waals surface area (Å²) in [6, 6.07) is 11.2. The Morgan fingerprint density at radius 1 is 1.23 bits per heavy atom. The van der Waals surface area contributed by atoms with Crippen molar-refractivity contribution < 1.29 is 9.53 Å². The minimum absolute atomic E-state index is 0.174. The molecule has 0 spiro atoms. The van der Waals surface area contributed by atoms with Crippen molar-refractivity contribution in [2.75, 3.05) is 18.0 Å². The first kappa shape index (κ1) is 21.3. The topological polar surface area (TPSA) is 85.2 Å². The Bertz CT molecular complexity index is 1060. The van der Waals surface area contributed by atoms with E-state index in [0.717, 1.165) is 30.2 Å². The number of anilines is 1. The van der Waals surface area contributed by atoms with Gasteiger partial charge in [-0.3, -0.25) is 4.79 Å². The van der Waals surface area contributed by atoms with Crippen LogP contribution in [-0.4, -0.2) is 51.2 Å². The van der Waals surface area contributed by atoms with E-state index in [0.29, 0.717) is 17.3 Å². The lowest BCUT2D eigenvalue weighted by atomic mass is 10.2. The number of carbonyl (C=O) groups is 1. The summed E-state index contributed by atoms with van der Waals surface area (Å²) in [6.07, 6.45) is 2.14. The highest BCUT2D eigenvalue weighted by Crippen LogP contribution is 2.19. The molecule has 0 saturated carbocycles. The summed E-state index contributed by atoms with van der Waals surface area (Å²) in [5, 5.41) is 11.6. The average molecular weight is 441 g/mol. The van der Waals surface area contributed by atoms with Crippen LogP contribution in [0, 0.1) is 6.92 Å². The highest BCUT2D eigenvalue weighted by Gasteiger charge is 2.23. The summed E-state index contributed by atoms with van der Waals surface area (Å²) in [5.74, 6) is 0.628. The third-order valence-electron chi connectivity index (χ3n) is 5.17. The van der Waals surface area contributed by atoms with Gasteiger partial charge in [0.15, 0.2) is 5.69 Å². The lowest BCUT2D eigenvalue weighted by Crippen LogP contribution is -2.45. The van der Waals surface area contributed by atoms with Crippen LogP contribution in [0.15, 0.2) is 42.6 Å². The zero-order valence-corrected chi connectivity index (χ0v) is 18.5. The average Bonchev–Trinajstić information content (AvgIpc) is 3.13. The first-order valence-electron chi connectivity index (χ1n) is 10.2. The maximum Gasteiger partial charge on any atom is 0.274 e. The monoisotopic (exact) mass is 440 g/mol. The molecule has 3 aromatic rings. The van der Waals surface area contributed by atoms with Gasteiger partial charge in [0.1, 0.15) is 5.82 Å². The normalized spacial score (nSPS) is 18.8. The number of ether oxygens (including phenoxy) is 1. The first-order valence-corrected chi connectivity index (χ1v) is 10.6. The number of rotatable bonds is 5. The van der Waals surface area contributed by atoms with Gasteiger partial charge in [-0.05, 0) is 50.6 Å². The molecule has 1 amide bonds. The molecule has 1 aromatic carbocycles. The summed E-state index contributed by atoms with van der Waals surface area (Å²) < 4.78 is 7.38. The van der Waals surface area contributed by atoms with Gasteiger partial charge >= 0.3 is 0 Å². The van der Waals surface area contributed by atoms with Crippen molar-refractivity contribution in [2.45, 2.75) is 39.5 Å². The molecular formula is C22H25ClN6O2. The van der Waals surface area contributed by atoms with Gasteiger partial charge in [-0.25, -0.2) is 9.67 Å². The molecule has 1 aliphatic heterocycles. The lowest BCUT2D eigenvalue weighted by Gasteiger charge is -2.36. The Morgan fingerprint density at radius 2 is 2.00 bits per heavy atom. The zero-order valence-electron chi connectivity index (χ0n) is 17.7. The number of benzene rings is 1. The Balaban J connectivity index is 1.39. The van der Waals surface area contributed by atoms with Crippen LogP contribution in [0.4, 0.5) is 5.82 Å². The van der Waals surface area contributed by atoms with Crippen LogP contribution in [-0.2, 0) is 11.3 Å². The van der Waals surface area contributed by atoms with E-state index in [9.17, 15) is 4.79 Å². The Labute approximate surface area is 186 Å². The van der Waals surface area contributed by atoms with Gasteiger partial charge in [-0.1, -0.05) is 28.9 Å². The SMILES string of the molecule is Cc1c(C(=O)NCc2ccc(N3CC(C)OC(C)C3)nc2)nnn1-c1cccc(Cl)c1. The third kappa shape index (κ3) is 4.86. The second-order valence-electron chi connectivity index (χ2n) is 7.78. The maximum atomic E-state index is 12.6. The van der Waals surface area contributed by atoms with Gasteiger partial charge in [-0.15, -0.1) is 5.10 Å². The largest absolute Gasteiger partial charge is 0.372 e. The van der Waals surface area contributed by atoms with Crippen LogP contribution >= 0.6 is 11.6 Å². The van der Waals surface area contributed by atoms with Crippen LogP contribution in [0.25, 0.3) is 5.69 Å². The number of hydrogen-bond acceptors (Lipinski definition) is 6. The van der Waals surface area contributed by atoms with Crippen molar-refractivity contribution in [3.05, 3.63) is 64.6 Å². The highest BCUT2D eigenvalue weighted by atomic mass is 35.5. The second-order valence-corrected chi connectivity index (χ2v) is 8.22. The number of nitrogens with one attached hydrogen (secondary N) is 1. The lowest BCUT2D eigenvalue weighted by molar-refractivity contribution is -0.00546. The molecule has 0 aliphatic carbocycles. The number of morpholine rings is 1. The number of hydrogen-bond donors (Lipinski definition) is 1. The number of carbonyl (C=O) groups excluding carboxylic acids is 1. The predicted octanol–water partition coefficient (Wildman–Crippen LogP) is 3.17. The summed E-state index contributed by atoms with van der Waals surface area (Å²) in [6.45, 7) is 7.92. The molecule has 1 N–H and O–H groups in total. The fraction of sp³-hybridized carbons (Fsp3) is 0.364. The molecule has 4 rings (SSSR count). The number of amides is 1. The standard InChI is InChI=1S/C22H25ClN6O2/c1-14-12-28(13-15(2)31-14)20-8-7-17(10-24-20)11-25-22(30)21-16(3)29(27-26-21)19-6-4-5-18(23)9-19/h4-10,14-15H,11-13H2,1-3H3,(H,25,30). The van der Waals surface area contributed by atoms with E-state index in [1.165, 1.54) is 0 Å². The highest BCUT2D eigenvalue weighted by molar-refractivity contribution is 6.30. The van der Waals surface area contributed by atoms with Crippen molar-refractivity contribution in [1.29, 1.82) is 0 Å². The number of aromatic nitrogens is 4. The minimum Gasteiger partial charge on any atom is -0.372 e. The molecule has 2 aromatic heterocycles. The Morgan fingerprint density at radius 3 is 2.68 bits per heavy atom. The van der Waals surface area contributed by atoms with Crippen LogP contribution < -0.4 is 10.2 Å². The van der Waals surface area contributed by atoms with Gasteiger partial charge in [0.2, 0.25) is 0 Å². The minimum atomic E-state index is -0.286. The van der Waals surface area contributed by atoms with Gasteiger partial charge in [0.25, 0.3) is 5.91 Å². The van der Waals surface area contributed by atoms with E-state index in [-0.39, 0.29) is 23.8 Å². The number of nitrogens with zero attached hydrogens (tertiary/aromatic N) is 5. The molecule has 2 unspecified atom stereocenters. The van der Waals surface area contributed by atoms with Gasteiger partial charge in [0, 0.05) is 30.9 Å². The Hall–Kier alpha value is -2.97. The van der Waals surface area contributed by atoms with E-state index < -0.39 is 0 Å². The van der Waals surface area contributed by atoms with Gasteiger partial charge in [-0.2, -0.15) is 0 Å². The van der Waals surface area contributed by atoms with Gasteiger partial charge < -0.3 is 15.0 Å². The van der Waals surface area contributed by atoms with E-state index >= 15 is 0 Å². The van der Waals surface area contributed by atoms with Crippen molar-refractivity contribution in [2.24, 2.45) is 0 Å². The summed E-state index contributed by atoms with van der Waals surface area (Å²) in [7, 11) is 0. The van der Waals surface area contributed by atoms with Crippen LogP contribution in [0.2, 0.25) is 5.02 Å². The Kier molecular flexibility index (Phi) is 6.20. The maximum absolute atomic E-state index is 12.6.